The maximum absolute atomic E-state index is 9.39. The van der Waals surface area contributed by atoms with Crippen LogP contribution in [-0.2, 0) is 0 Å². The van der Waals surface area contributed by atoms with Crippen molar-refractivity contribution >= 4 is 0 Å². The molecular weight excluding hydrogens is 176 g/mol. The van der Waals surface area contributed by atoms with Gasteiger partial charge in [0.1, 0.15) is 0 Å². The van der Waals surface area contributed by atoms with Crippen molar-refractivity contribution in [3.63, 3.8) is 0 Å². The third-order valence-corrected chi connectivity index (χ3v) is 3.41. The van der Waals surface area contributed by atoms with Crippen LogP contribution in [0.2, 0.25) is 0 Å². The van der Waals surface area contributed by atoms with E-state index in [9.17, 15) is 5.11 Å². The number of aliphatic hydroxyl groups is 1. The van der Waals surface area contributed by atoms with E-state index in [0.717, 1.165) is 32.6 Å². The highest BCUT2D eigenvalue weighted by Crippen LogP contribution is 2.13. The van der Waals surface area contributed by atoms with E-state index >= 15 is 0 Å². The number of piperidine rings is 2. The maximum Gasteiger partial charge on any atom is 0.0564 e. The van der Waals surface area contributed by atoms with Crippen LogP contribution in [0.25, 0.3) is 0 Å². The minimum absolute atomic E-state index is 0.0346. The van der Waals surface area contributed by atoms with E-state index in [1.807, 2.05) is 0 Å². The van der Waals surface area contributed by atoms with E-state index in [0.29, 0.717) is 0 Å². The zero-order valence-corrected chi connectivity index (χ0v) is 8.99. The van der Waals surface area contributed by atoms with Gasteiger partial charge in [0.15, 0.2) is 0 Å². The molecule has 0 bridgehead atoms. The SMILES string of the molecule is OC1CCN(CN2CCCCC2)CC1. The molecule has 0 aliphatic carbocycles. The third-order valence-electron chi connectivity index (χ3n) is 3.41. The number of nitrogens with zero attached hydrogens (tertiary/aromatic N) is 2. The van der Waals surface area contributed by atoms with E-state index in [2.05, 4.69) is 9.80 Å². The standard InChI is InChI=1S/C11H22N2O/c14-11-4-8-13(9-5-11)10-12-6-2-1-3-7-12/h11,14H,1-10H2. The summed E-state index contributed by atoms with van der Waals surface area (Å²) in [4.78, 5) is 5.04. The van der Waals surface area contributed by atoms with Gasteiger partial charge in [-0.3, -0.25) is 9.80 Å². The lowest BCUT2D eigenvalue weighted by Crippen LogP contribution is -2.44. The van der Waals surface area contributed by atoms with Crippen molar-refractivity contribution in [3.05, 3.63) is 0 Å². The average Bonchev–Trinajstić information content (AvgIpc) is 2.23. The fourth-order valence-corrected chi connectivity index (χ4v) is 2.44. The second-order valence-corrected chi connectivity index (χ2v) is 4.67. The molecule has 0 atom stereocenters. The van der Waals surface area contributed by atoms with Crippen LogP contribution in [0.15, 0.2) is 0 Å². The van der Waals surface area contributed by atoms with Gasteiger partial charge in [0.05, 0.1) is 12.8 Å². The van der Waals surface area contributed by atoms with Crippen LogP contribution in [0.4, 0.5) is 0 Å². The second-order valence-electron chi connectivity index (χ2n) is 4.67. The van der Waals surface area contributed by atoms with Gasteiger partial charge in [0.25, 0.3) is 0 Å². The first-order valence-corrected chi connectivity index (χ1v) is 5.97. The molecule has 0 radical (unpaired) electrons. The molecule has 1 N–H and O–H groups in total. The molecule has 2 fully saturated rings. The van der Waals surface area contributed by atoms with Crippen molar-refractivity contribution in [1.29, 1.82) is 0 Å². The molecule has 2 heterocycles. The van der Waals surface area contributed by atoms with Crippen LogP contribution in [0, 0.1) is 0 Å². The van der Waals surface area contributed by atoms with Gasteiger partial charge in [-0.2, -0.15) is 0 Å². The molecule has 2 aliphatic rings. The Balaban J connectivity index is 1.68. The Hall–Kier alpha value is -0.120. The van der Waals surface area contributed by atoms with Crippen molar-refractivity contribution in [2.75, 3.05) is 32.8 Å². The molecule has 2 saturated heterocycles. The molecule has 0 saturated carbocycles. The summed E-state index contributed by atoms with van der Waals surface area (Å²) in [5, 5.41) is 9.39. The molecule has 0 unspecified atom stereocenters. The Bertz CT molecular complexity index is 161. The molecule has 14 heavy (non-hydrogen) atoms. The molecule has 2 rings (SSSR count). The molecular formula is C11H22N2O. The summed E-state index contributed by atoms with van der Waals surface area (Å²) in [7, 11) is 0. The number of likely N-dealkylation sites (tertiary alicyclic amines) is 2. The topological polar surface area (TPSA) is 26.7 Å². The summed E-state index contributed by atoms with van der Waals surface area (Å²) in [6.45, 7) is 5.85. The van der Waals surface area contributed by atoms with Gasteiger partial charge in [-0.15, -0.1) is 0 Å². The van der Waals surface area contributed by atoms with E-state index in [1.165, 1.54) is 32.4 Å². The quantitative estimate of drug-likeness (QED) is 0.714. The first-order valence-electron chi connectivity index (χ1n) is 5.97. The Morgan fingerprint density at radius 1 is 0.857 bits per heavy atom. The highest BCUT2D eigenvalue weighted by atomic mass is 16.3. The maximum atomic E-state index is 9.39. The van der Waals surface area contributed by atoms with Gasteiger partial charge in [0.2, 0.25) is 0 Å². The molecule has 2 aliphatic heterocycles. The minimum atomic E-state index is -0.0346. The highest BCUT2D eigenvalue weighted by Gasteiger charge is 2.19. The van der Waals surface area contributed by atoms with Gasteiger partial charge >= 0.3 is 0 Å². The van der Waals surface area contributed by atoms with Crippen LogP contribution in [0.5, 0.6) is 0 Å². The lowest BCUT2D eigenvalue weighted by Gasteiger charge is -2.35. The van der Waals surface area contributed by atoms with Gasteiger partial charge in [0, 0.05) is 13.1 Å². The molecule has 3 nitrogen and oxygen atoms in total. The van der Waals surface area contributed by atoms with Gasteiger partial charge in [-0.1, -0.05) is 6.42 Å². The number of hydrogen-bond donors (Lipinski definition) is 1. The normalized spacial score (nSPS) is 28.1. The van der Waals surface area contributed by atoms with Crippen molar-refractivity contribution in [2.45, 2.75) is 38.2 Å². The lowest BCUT2D eigenvalue weighted by atomic mass is 10.1. The number of aliphatic hydroxyl groups excluding tert-OH is 1. The fourth-order valence-electron chi connectivity index (χ4n) is 2.44. The van der Waals surface area contributed by atoms with Crippen molar-refractivity contribution in [1.82, 2.24) is 9.80 Å². The van der Waals surface area contributed by atoms with Gasteiger partial charge in [-0.05, 0) is 38.8 Å². The molecule has 0 spiro atoms. The number of rotatable bonds is 2. The van der Waals surface area contributed by atoms with Crippen molar-refractivity contribution < 1.29 is 5.11 Å². The molecule has 3 heteroatoms. The molecule has 0 amide bonds. The Labute approximate surface area is 86.7 Å². The summed E-state index contributed by atoms with van der Waals surface area (Å²) >= 11 is 0. The first kappa shape index (κ1) is 10.4. The van der Waals surface area contributed by atoms with Crippen LogP contribution < -0.4 is 0 Å². The third kappa shape index (κ3) is 2.94. The smallest absolute Gasteiger partial charge is 0.0564 e. The zero-order chi connectivity index (χ0) is 9.80. The molecule has 0 aromatic heterocycles. The van der Waals surface area contributed by atoms with E-state index in [4.69, 9.17) is 0 Å². The first-order chi connectivity index (χ1) is 6.84. The second kappa shape index (κ2) is 5.10. The molecule has 0 aromatic carbocycles. The predicted molar refractivity (Wildman–Crippen MR) is 57.1 cm³/mol. The van der Waals surface area contributed by atoms with Crippen molar-refractivity contribution in [3.8, 4) is 0 Å². The molecule has 82 valence electrons. The van der Waals surface area contributed by atoms with Crippen molar-refractivity contribution in [2.24, 2.45) is 0 Å². The van der Waals surface area contributed by atoms with Crippen LogP contribution in [0.1, 0.15) is 32.1 Å². The van der Waals surface area contributed by atoms with Crippen LogP contribution in [-0.4, -0.2) is 53.9 Å². The Kier molecular flexibility index (Phi) is 3.79. The monoisotopic (exact) mass is 198 g/mol. The summed E-state index contributed by atoms with van der Waals surface area (Å²) < 4.78 is 0. The summed E-state index contributed by atoms with van der Waals surface area (Å²) in [6.07, 6.45) is 6.05. The Morgan fingerprint density at radius 3 is 2.07 bits per heavy atom. The van der Waals surface area contributed by atoms with Crippen LogP contribution in [0.3, 0.4) is 0 Å². The minimum Gasteiger partial charge on any atom is -0.393 e. The summed E-state index contributed by atoms with van der Waals surface area (Å²) in [6, 6.07) is 0. The van der Waals surface area contributed by atoms with E-state index in [-0.39, 0.29) is 6.10 Å². The largest absolute Gasteiger partial charge is 0.393 e. The Morgan fingerprint density at radius 2 is 1.43 bits per heavy atom. The highest BCUT2D eigenvalue weighted by molar-refractivity contribution is 4.72. The van der Waals surface area contributed by atoms with Gasteiger partial charge in [-0.25, -0.2) is 0 Å². The predicted octanol–water partition coefficient (Wildman–Crippen LogP) is 0.886. The number of hydrogen-bond acceptors (Lipinski definition) is 3. The van der Waals surface area contributed by atoms with Crippen LogP contribution >= 0.6 is 0 Å². The summed E-state index contributed by atoms with van der Waals surface area (Å²) in [5.41, 5.74) is 0. The summed E-state index contributed by atoms with van der Waals surface area (Å²) in [5.74, 6) is 0. The van der Waals surface area contributed by atoms with E-state index in [1.54, 1.807) is 0 Å². The average molecular weight is 198 g/mol. The van der Waals surface area contributed by atoms with Gasteiger partial charge < -0.3 is 5.11 Å². The fraction of sp³-hybridized carbons (Fsp3) is 1.00. The zero-order valence-electron chi connectivity index (χ0n) is 8.99. The molecule has 0 aromatic rings. The van der Waals surface area contributed by atoms with E-state index < -0.39 is 0 Å². The lowest BCUT2D eigenvalue weighted by molar-refractivity contribution is 0.0435.